The molecule has 0 saturated carbocycles. The summed E-state index contributed by atoms with van der Waals surface area (Å²) < 4.78 is 5.23. The van der Waals surface area contributed by atoms with Gasteiger partial charge in [-0.3, -0.25) is 14.7 Å². The van der Waals surface area contributed by atoms with Crippen LogP contribution in [0, 0.1) is 0 Å². The molecule has 2 aliphatic rings. The van der Waals surface area contributed by atoms with E-state index < -0.39 is 0 Å². The van der Waals surface area contributed by atoms with Crippen LogP contribution in [0.5, 0.6) is 0 Å². The van der Waals surface area contributed by atoms with Crippen molar-refractivity contribution in [1.82, 2.24) is 20.0 Å². The van der Waals surface area contributed by atoms with Crippen LogP contribution in [0.4, 0.5) is 0 Å². The number of ether oxygens (including phenoxy) is 1. The minimum Gasteiger partial charge on any atom is -0.383 e. The molecule has 1 aromatic rings. The Morgan fingerprint density at radius 2 is 1.97 bits per heavy atom. The molecule has 1 amide bonds. The van der Waals surface area contributed by atoms with Crippen molar-refractivity contribution < 1.29 is 9.53 Å². The molecule has 1 atom stereocenters. The van der Waals surface area contributed by atoms with E-state index in [1.807, 2.05) is 36.2 Å². The zero-order chi connectivity index (χ0) is 21.3. The Morgan fingerprint density at radius 3 is 2.65 bits per heavy atom. The van der Waals surface area contributed by atoms with Crippen molar-refractivity contribution >= 4 is 47.4 Å². The van der Waals surface area contributed by atoms with Crippen molar-refractivity contribution in [3.63, 3.8) is 0 Å². The second-order valence-corrected chi connectivity index (χ2v) is 8.36. The highest BCUT2D eigenvalue weighted by molar-refractivity contribution is 14.0. The summed E-state index contributed by atoms with van der Waals surface area (Å²) in [5, 5.41) is 4.22. The van der Waals surface area contributed by atoms with E-state index in [2.05, 4.69) is 20.1 Å². The Labute approximate surface area is 208 Å². The lowest BCUT2D eigenvalue weighted by Crippen LogP contribution is -2.55. The van der Waals surface area contributed by atoms with Crippen molar-refractivity contribution in [2.45, 2.75) is 25.3 Å². The number of methoxy groups -OCH3 is 1. The molecule has 2 fully saturated rings. The molecule has 1 N–H and O–H groups in total. The van der Waals surface area contributed by atoms with Gasteiger partial charge in [0.15, 0.2) is 5.96 Å². The van der Waals surface area contributed by atoms with Crippen molar-refractivity contribution in [1.29, 1.82) is 0 Å². The molecule has 1 unspecified atom stereocenters. The predicted octanol–water partition coefficient (Wildman–Crippen LogP) is 2.33. The summed E-state index contributed by atoms with van der Waals surface area (Å²) in [6, 6.07) is 8.05. The number of aliphatic imine (C=N–C) groups is 1. The number of nitrogens with one attached hydrogen (secondary N) is 1. The number of hydrogen-bond donors (Lipinski definition) is 1. The molecule has 9 heteroatoms. The molecule has 0 bridgehead atoms. The zero-order valence-electron chi connectivity index (χ0n) is 18.6. The molecule has 174 valence electrons. The van der Waals surface area contributed by atoms with Gasteiger partial charge < -0.3 is 19.9 Å². The predicted molar refractivity (Wildman–Crippen MR) is 137 cm³/mol. The number of piperazine rings is 1. The summed E-state index contributed by atoms with van der Waals surface area (Å²) in [5.41, 5.74) is 0.960. The van der Waals surface area contributed by atoms with Gasteiger partial charge >= 0.3 is 0 Å². The number of guanidine groups is 1. The number of rotatable bonds is 7. The standard InChI is InChI=1S/C22H34ClN5O2.HI/c1-24-22(25-17-20-7-4-8-26(20)13-14-30-2)28-11-9-27(10-12-28)21(29)16-18-5-3-6-19(23)15-18;/h3,5-6,15,20H,4,7-14,16-17H2,1-2H3,(H,24,25);1H. The summed E-state index contributed by atoms with van der Waals surface area (Å²) in [5.74, 6) is 1.08. The Kier molecular flexibility index (Phi) is 11.3. The number of likely N-dealkylation sites (tertiary alicyclic amines) is 1. The van der Waals surface area contributed by atoms with Gasteiger partial charge in [-0.2, -0.15) is 0 Å². The van der Waals surface area contributed by atoms with Gasteiger partial charge in [-0.15, -0.1) is 24.0 Å². The fourth-order valence-electron chi connectivity index (χ4n) is 4.27. The van der Waals surface area contributed by atoms with Gasteiger partial charge in [-0.05, 0) is 37.1 Å². The topological polar surface area (TPSA) is 60.4 Å². The Bertz CT molecular complexity index is 728. The lowest BCUT2D eigenvalue weighted by Gasteiger charge is -2.37. The molecular weight excluding hydrogens is 529 g/mol. The van der Waals surface area contributed by atoms with Crippen LogP contribution in [0.25, 0.3) is 0 Å². The molecule has 2 heterocycles. The summed E-state index contributed by atoms with van der Waals surface area (Å²) in [7, 11) is 3.58. The third-order valence-corrected chi connectivity index (χ3v) is 6.20. The van der Waals surface area contributed by atoms with Gasteiger partial charge in [0.1, 0.15) is 0 Å². The molecule has 1 aromatic carbocycles. The summed E-state index contributed by atoms with van der Waals surface area (Å²) in [4.78, 5) is 23.8. The first kappa shape index (κ1) is 26.2. The third-order valence-electron chi connectivity index (χ3n) is 5.97. The summed E-state index contributed by atoms with van der Waals surface area (Å²) >= 11 is 6.03. The molecule has 3 rings (SSSR count). The van der Waals surface area contributed by atoms with Crippen molar-refractivity contribution in [2.24, 2.45) is 4.99 Å². The molecule has 2 aliphatic heterocycles. The van der Waals surface area contributed by atoms with E-state index in [1.165, 1.54) is 12.8 Å². The number of amides is 1. The molecule has 0 spiro atoms. The quantitative estimate of drug-likeness (QED) is 0.314. The van der Waals surface area contributed by atoms with Crippen molar-refractivity contribution in [2.75, 3.05) is 66.6 Å². The number of benzene rings is 1. The lowest BCUT2D eigenvalue weighted by atomic mass is 10.1. The van der Waals surface area contributed by atoms with Crippen LogP contribution < -0.4 is 5.32 Å². The van der Waals surface area contributed by atoms with Crippen LogP contribution in [0.15, 0.2) is 29.3 Å². The second kappa shape index (κ2) is 13.4. The minimum atomic E-state index is 0. The van der Waals surface area contributed by atoms with Crippen LogP contribution in [0.2, 0.25) is 5.02 Å². The highest BCUT2D eigenvalue weighted by Crippen LogP contribution is 2.16. The number of nitrogens with zero attached hydrogens (tertiary/aromatic N) is 4. The third kappa shape index (κ3) is 7.76. The Hall–Kier alpha value is -1.10. The monoisotopic (exact) mass is 563 g/mol. The van der Waals surface area contributed by atoms with E-state index >= 15 is 0 Å². The van der Waals surface area contributed by atoms with Crippen LogP contribution in [-0.4, -0.2) is 99.2 Å². The van der Waals surface area contributed by atoms with E-state index in [9.17, 15) is 4.79 Å². The normalized spacial score (nSPS) is 20.0. The maximum absolute atomic E-state index is 12.6. The van der Waals surface area contributed by atoms with Gasteiger partial charge in [-0.25, -0.2) is 0 Å². The largest absolute Gasteiger partial charge is 0.383 e. The molecule has 0 aromatic heterocycles. The minimum absolute atomic E-state index is 0. The highest BCUT2D eigenvalue weighted by atomic mass is 127. The van der Waals surface area contributed by atoms with E-state index in [4.69, 9.17) is 16.3 Å². The van der Waals surface area contributed by atoms with Crippen LogP contribution in [-0.2, 0) is 16.0 Å². The first-order valence-corrected chi connectivity index (χ1v) is 11.2. The molecule has 31 heavy (non-hydrogen) atoms. The smallest absolute Gasteiger partial charge is 0.227 e. The van der Waals surface area contributed by atoms with E-state index in [1.54, 1.807) is 7.11 Å². The van der Waals surface area contributed by atoms with Crippen molar-refractivity contribution in [3.05, 3.63) is 34.9 Å². The molecule has 0 aliphatic carbocycles. The summed E-state index contributed by atoms with van der Waals surface area (Å²) in [6.45, 7) is 6.79. The number of carbonyl (C=O) groups is 1. The lowest BCUT2D eigenvalue weighted by molar-refractivity contribution is -0.131. The maximum Gasteiger partial charge on any atom is 0.227 e. The first-order chi connectivity index (χ1) is 14.6. The zero-order valence-corrected chi connectivity index (χ0v) is 21.6. The second-order valence-electron chi connectivity index (χ2n) is 7.93. The number of halogens is 2. The Balaban J connectivity index is 0.00000341. The van der Waals surface area contributed by atoms with Crippen LogP contribution >= 0.6 is 35.6 Å². The van der Waals surface area contributed by atoms with Gasteiger partial charge in [-0.1, -0.05) is 23.7 Å². The van der Waals surface area contributed by atoms with Gasteiger partial charge in [0, 0.05) is 64.5 Å². The number of hydrogen-bond acceptors (Lipinski definition) is 4. The molecule has 0 radical (unpaired) electrons. The molecular formula is C22H35ClIN5O2. The van der Waals surface area contributed by atoms with Crippen LogP contribution in [0.1, 0.15) is 18.4 Å². The van der Waals surface area contributed by atoms with Gasteiger partial charge in [0.2, 0.25) is 5.91 Å². The fraction of sp³-hybridized carbons (Fsp3) is 0.636. The van der Waals surface area contributed by atoms with Gasteiger partial charge in [0.25, 0.3) is 0 Å². The first-order valence-electron chi connectivity index (χ1n) is 10.8. The van der Waals surface area contributed by atoms with E-state index in [-0.39, 0.29) is 29.9 Å². The Morgan fingerprint density at radius 1 is 1.23 bits per heavy atom. The SMILES string of the molecule is CN=C(NCC1CCCN1CCOC)N1CCN(C(=O)Cc2cccc(Cl)c2)CC1.I. The van der Waals surface area contributed by atoms with E-state index in [0.29, 0.717) is 30.6 Å². The fourth-order valence-corrected chi connectivity index (χ4v) is 4.48. The average molecular weight is 564 g/mol. The van der Waals surface area contributed by atoms with E-state index in [0.717, 1.165) is 50.9 Å². The molecule has 7 nitrogen and oxygen atoms in total. The van der Waals surface area contributed by atoms with Crippen molar-refractivity contribution in [3.8, 4) is 0 Å². The maximum atomic E-state index is 12.6. The van der Waals surface area contributed by atoms with Gasteiger partial charge in [0.05, 0.1) is 13.0 Å². The molecule has 2 saturated heterocycles. The average Bonchev–Trinajstić information content (AvgIpc) is 3.20. The number of carbonyl (C=O) groups excluding carboxylic acids is 1. The van der Waals surface area contributed by atoms with Crippen LogP contribution in [0.3, 0.4) is 0 Å². The highest BCUT2D eigenvalue weighted by Gasteiger charge is 2.26. The summed E-state index contributed by atoms with van der Waals surface area (Å²) in [6.07, 6.45) is 2.84.